The van der Waals surface area contributed by atoms with Crippen LogP contribution >= 0.6 is 0 Å². The van der Waals surface area contributed by atoms with Crippen LogP contribution in [0.3, 0.4) is 0 Å². The van der Waals surface area contributed by atoms with Crippen molar-refractivity contribution in [3.05, 3.63) is 18.2 Å². The fourth-order valence-corrected chi connectivity index (χ4v) is 2.38. The zero-order valence-electron chi connectivity index (χ0n) is 12.1. The molecule has 0 amide bonds. The highest BCUT2D eigenvalue weighted by Gasteiger charge is 2.26. The molecule has 0 aliphatic carbocycles. The average Bonchev–Trinajstić information content (AvgIpc) is 2.78. The average molecular weight is 248 g/mol. The minimum absolute atomic E-state index is 0.258. The highest BCUT2D eigenvalue weighted by molar-refractivity contribution is 5.07. The second-order valence-corrected chi connectivity index (χ2v) is 5.37. The molecular weight excluding hydrogens is 224 g/mol. The monoisotopic (exact) mass is 248 g/mol. The van der Waals surface area contributed by atoms with Gasteiger partial charge in [-0.05, 0) is 26.8 Å². The normalized spacial score (nSPS) is 16.3. The van der Waals surface area contributed by atoms with E-state index in [1.54, 1.807) is 0 Å². The minimum Gasteiger partial charge on any atom is -0.332 e. The molecule has 0 fully saturated rings. The molecule has 0 aliphatic rings. The third kappa shape index (κ3) is 3.33. The molecule has 1 N–H and O–H groups in total. The number of aromatic nitrogens is 2. The van der Waals surface area contributed by atoms with E-state index in [2.05, 4.69) is 41.7 Å². The second kappa shape index (κ2) is 6.01. The van der Waals surface area contributed by atoms with Crippen LogP contribution in [0.2, 0.25) is 0 Å². The third-order valence-electron chi connectivity index (χ3n) is 3.21. The summed E-state index contributed by atoms with van der Waals surface area (Å²) in [5, 5.41) is 12.6. The first-order chi connectivity index (χ1) is 8.43. The van der Waals surface area contributed by atoms with Gasteiger partial charge in [-0.15, -0.1) is 0 Å². The Kier molecular flexibility index (Phi) is 4.92. The van der Waals surface area contributed by atoms with E-state index in [9.17, 15) is 5.26 Å². The zero-order chi connectivity index (χ0) is 13.8. The van der Waals surface area contributed by atoms with E-state index in [0.717, 1.165) is 18.8 Å². The minimum atomic E-state index is -0.479. The van der Waals surface area contributed by atoms with E-state index in [1.807, 2.05) is 26.2 Å². The maximum atomic E-state index is 9.30. The summed E-state index contributed by atoms with van der Waals surface area (Å²) in [7, 11) is 0. The molecule has 1 rings (SSSR count). The molecule has 0 bridgehead atoms. The molecule has 1 aromatic heterocycles. The molecule has 2 atom stereocenters. The highest BCUT2D eigenvalue weighted by Crippen LogP contribution is 2.24. The maximum absolute atomic E-state index is 9.30. The zero-order valence-corrected chi connectivity index (χ0v) is 12.1. The SMILES string of the molecule is CCNC(C)(C#N)CC(C)n1ccnc1C(C)C. The summed E-state index contributed by atoms with van der Waals surface area (Å²) in [6.07, 6.45) is 4.61. The molecule has 18 heavy (non-hydrogen) atoms. The van der Waals surface area contributed by atoms with Crippen LogP contribution in [0, 0.1) is 11.3 Å². The van der Waals surface area contributed by atoms with Crippen molar-refractivity contribution in [1.82, 2.24) is 14.9 Å². The molecular formula is C14H24N4. The highest BCUT2D eigenvalue weighted by atomic mass is 15.1. The standard InChI is InChI=1S/C14H24N4/c1-6-17-14(5,10-15)9-12(4)18-8-7-16-13(18)11(2)3/h7-8,11-12,17H,6,9H2,1-5H3. The number of rotatable bonds is 6. The van der Waals surface area contributed by atoms with Crippen molar-refractivity contribution in [2.75, 3.05) is 6.54 Å². The van der Waals surface area contributed by atoms with Crippen LogP contribution in [0.5, 0.6) is 0 Å². The van der Waals surface area contributed by atoms with Crippen molar-refractivity contribution in [2.24, 2.45) is 0 Å². The summed E-state index contributed by atoms with van der Waals surface area (Å²) in [6.45, 7) is 11.2. The number of hydrogen-bond donors (Lipinski definition) is 1. The molecule has 0 saturated carbocycles. The molecule has 0 spiro atoms. The summed E-state index contributed by atoms with van der Waals surface area (Å²) in [5.41, 5.74) is -0.479. The number of nitrogens with zero attached hydrogens (tertiary/aromatic N) is 3. The molecule has 100 valence electrons. The van der Waals surface area contributed by atoms with Gasteiger partial charge in [-0.25, -0.2) is 4.98 Å². The van der Waals surface area contributed by atoms with Gasteiger partial charge in [-0.2, -0.15) is 5.26 Å². The lowest BCUT2D eigenvalue weighted by atomic mass is 9.95. The molecule has 4 heteroatoms. The Morgan fingerprint density at radius 2 is 2.17 bits per heavy atom. The van der Waals surface area contributed by atoms with Crippen molar-refractivity contribution in [1.29, 1.82) is 5.26 Å². The fourth-order valence-electron chi connectivity index (χ4n) is 2.38. The maximum Gasteiger partial charge on any atom is 0.111 e. The van der Waals surface area contributed by atoms with Crippen molar-refractivity contribution in [3.8, 4) is 6.07 Å². The Morgan fingerprint density at radius 1 is 1.50 bits per heavy atom. The Morgan fingerprint density at radius 3 is 2.67 bits per heavy atom. The lowest BCUT2D eigenvalue weighted by Gasteiger charge is -2.28. The van der Waals surface area contributed by atoms with Gasteiger partial charge in [0.15, 0.2) is 0 Å². The van der Waals surface area contributed by atoms with Crippen molar-refractivity contribution in [2.45, 2.75) is 58.5 Å². The largest absolute Gasteiger partial charge is 0.332 e. The summed E-state index contributed by atoms with van der Waals surface area (Å²) in [5.74, 6) is 1.48. The van der Waals surface area contributed by atoms with Crippen LogP contribution in [0.25, 0.3) is 0 Å². The van der Waals surface area contributed by atoms with E-state index in [4.69, 9.17) is 0 Å². The molecule has 0 aromatic carbocycles. The van der Waals surface area contributed by atoms with Crippen LogP contribution < -0.4 is 5.32 Å². The lowest BCUT2D eigenvalue weighted by Crippen LogP contribution is -2.42. The topological polar surface area (TPSA) is 53.6 Å². The molecule has 4 nitrogen and oxygen atoms in total. The molecule has 0 aliphatic heterocycles. The van der Waals surface area contributed by atoms with E-state index >= 15 is 0 Å². The van der Waals surface area contributed by atoms with Crippen molar-refractivity contribution in [3.63, 3.8) is 0 Å². The van der Waals surface area contributed by atoms with E-state index in [1.165, 1.54) is 0 Å². The van der Waals surface area contributed by atoms with Crippen LogP contribution in [0.4, 0.5) is 0 Å². The predicted molar refractivity (Wildman–Crippen MR) is 73.3 cm³/mol. The second-order valence-electron chi connectivity index (χ2n) is 5.37. The first-order valence-corrected chi connectivity index (χ1v) is 6.62. The first kappa shape index (κ1) is 14.7. The quantitative estimate of drug-likeness (QED) is 0.842. The Labute approximate surface area is 110 Å². The van der Waals surface area contributed by atoms with Crippen LogP contribution in [0.1, 0.15) is 58.8 Å². The summed E-state index contributed by atoms with van der Waals surface area (Å²) in [6, 6.07) is 2.63. The Balaban J connectivity index is 2.85. The third-order valence-corrected chi connectivity index (χ3v) is 3.21. The van der Waals surface area contributed by atoms with Crippen molar-refractivity contribution >= 4 is 0 Å². The van der Waals surface area contributed by atoms with Gasteiger partial charge in [0.2, 0.25) is 0 Å². The van der Waals surface area contributed by atoms with E-state index in [0.29, 0.717) is 5.92 Å². The molecule has 1 heterocycles. The van der Waals surface area contributed by atoms with E-state index in [-0.39, 0.29) is 6.04 Å². The van der Waals surface area contributed by atoms with Crippen LogP contribution in [-0.4, -0.2) is 21.6 Å². The van der Waals surface area contributed by atoms with Gasteiger partial charge in [0.1, 0.15) is 11.4 Å². The molecule has 1 aromatic rings. The number of nitriles is 1. The van der Waals surface area contributed by atoms with Crippen LogP contribution in [-0.2, 0) is 0 Å². The smallest absolute Gasteiger partial charge is 0.111 e. The molecule has 0 saturated heterocycles. The number of hydrogen-bond acceptors (Lipinski definition) is 3. The number of imidazole rings is 1. The van der Waals surface area contributed by atoms with Gasteiger partial charge in [-0.1, -0.05) is 20.8 Å². The molecule has 0 radical (unpaired) electrons. The van der Waals surface area contributed by atoms with Gasteiger partial charge in [-0.3, -0.25) is 5.32 Å². The number of nitrogens with one attached hydrogen (secondary N) is 1. The lowest BCUT2D eigenvalue weighted by molar-refractivity contribution is 0.347. The van der Waals surface area contributed by atoms with Gasteiger partial charge in [0, 0.05) is 24.4 Å². The predicted octanol–water partition coefficient (Wildman–Crippen LogP) is 2.85. The van der Waals surface area contributed by atoms with Gasteiger partial charge >= 0.3 is 0 Å². The fraction of sp³-hybridized carbons (Fsp3) is 0.714. The van der Waals surface area contributed by atoms with Gasteiger partial charge in [0.25, 0.3) is 0 Å². The van der Waals surface area contributed by atoms with Crippen molar-refractivity contribution < 1.29 is 0 Å². The van der Waals surface area contributed by atoms with Gasteiger partial charge < -0.3 is 4.57 Å². The van der Waals surface area contributed by atoms with Gasteiger partial charge in [0.05, 0.1) is 6.07 Å². The Hall–Kier alpha value is -1.34. The Bertz CT molecular complexity index is 416. The first-order valence-electron chi connectivity index (χ1n) is 6.62. The van der Waals surface area contributed by atoms with Crippen LogP contribution in [0.15, 0.2) is 12.4 Å². The summed E-state index contributed by atoms with van der Waals surface area (Å²) in [4.78, 5) is 4.40. The molecule has 2 unspecified atom stereocenters. The van der Waals surface area contributed by atoms with E-state index < -0.39 is 5.54 Å². The summed E-state index contributed by atoms with van der Waals surface area (Å²) >= 11 is 0. The summed E-state index contributed by atoms with van der Waals surface area (Å²) < 4.78 is 2.18.